The number of hydrogen-bond acceptors (Lipinski definition) is 4. The van der Waals surface area contributed by atoms with Crippen LogP contribution in [0.3, 0.4) is 0 Å². The van der Waals surface area contributed by atoms with Crippen molar-refractivity contribution in [2.45, 2.75) is 17.2 Å². The molecule has 1 heterocycles. The Morgan fingerprint density at radius 1 is 1.11 bits per heavy atom. The molecule has 2 aromatic rings. The van der Waals surface area contributed by atoms with Crippen LogP contribution >= 0.6 is 11.6 Å². The van der Waals surface area contributed by atoms with E-state index in [1.54, 1.807) is 31.3 Å². The lowest BCUT2D eigenvalue weighted by Crippen LogP contribution is -2.05. The van der Waals surface area contributed by atoms with Gasteiger partial charge in [-0.3, -0.25) is 0 Å². The Kier molecular flexibility index (Phi) is 4.29. The van der Waals surface area contributed by atoms with E-state index >= 15 is 0 Å². The van der Waals surface area contributed by atoms with Crippen LogP contribution in [0.15, 0.2) is 45.7 Å². The van der Waals surface area contributed by atoms with E-state index in [1.165, 1.54) is 12.1 Å². The molecular weight excluding hydrogens is 286 g/mol. The molecule has 0 aliphatic carbocycles. The molecule has 4 nitrogen and oxygen atoms in total. The second-order valence-corrected chi connectivity index (χ2v) is 6.54. The van der Waals surface area contributed by atoms with Gasteiger partial charge in [0.15, 0.2) is 9.84 Å². The zero-order valence-corrected chi connectivity index (χ0v) is 12.0. The minimum Gasteiger partial charge on any atom is -0.464 e. The van der Waals surface area contributed by atoms with Crippen molar-refractivity contribution in [2.24, 2.45) is 0 Å². The average Bonchev–Trinajstić information content (AvgIpc) is 2.77. The first-order valence-electron chi connectivity index (χ1n) is 5.72. The Balaban J connectivity index is 2.18. The first-order valence-corrected chi connectivity index (χ1v) is 7.75. The SMILES string of the molecule is CNCc1ccc(CS(=O)(=O)c2ccc(Cl)cc2)o1. The smallest absolute Gasteiger partial charge is 0.185 e. The van der Waals surface area contributed by atoms with Crippen LogP contribution in [0.25, 0.3) is 0 Å². The highest BCUT2D eigenvalue weighted by Crippen LogP contribution is 2.20. The Bertz CT molecular complexity index is 647. The summed E-state index contributed by atoms with van der Waals surface area (Å²) < 4.78 is 29.8. The fourth-order valence-electron chi connectivity index (χ4n) is 1.68. The van der Waals surface area contributed by atoms with Crippen LogP contribution < -0.4 is 5.32 Å². The summed E-state index contributed by atoms with van der Waals surface area (Å²) in [7, 11) is -1.61. The lowest BCUT2D eigenvalue weighted by atomic mass is 10.4. The highest BCUT2D eigenvalue weighted by atomic mass is 35.5. The number of rotatable bonds is 5. The lowest BCUT2D eigenvalue weighted by Gasteiger charge is -2.02. The Morgan fingerprint density at radius 3 is 2.37 bits per heavy atom. The van der Waals surface area contributed by atoms with Crippen LogP contribution in [0, 0.1) is 0 Å². The minimum absolute atomic E-state index is 0.154. The highest BCUT2D eigenvalue weighted by molar-refractivity contribution is 7.90. The summed E-state index contributed by atoms with van der Waals surface area (Å²) in [4.78, 5) is 0.239. The van der Waals surface area contributed by atoms with Crippen LogP contribution in [0.5, 0.6) is 0 Å². The first-order chi connectivity index (χ1) is 9.01. The summed E-state index contributed by atoms with van der Waals surface area (Å²) in [5.41, 5.74) is 0. The molecule has 0 fully saturated rings. The predicted octanol–water partition coefficient (Wildman–Crippen LogP) is 2.63. The van der Waals surface area contributed by atoms with Gasteiger partial charge in [-0.1, -0.05) is 11.6 Å². The molecule has 0 radical (unpaired) electrons. The van der Waals surface area contributed by atoms with Crippen LogP contribution in [0.4, 0.5) is 0 Å². The van der Waals surface area contributed by atoms with E-state index in [0.717, 1.165) is 0 Å². The Hall–Kier alpha value is -1.30. The van der Waals surface area contributed by atoms with E-state index in [9.17, 15) is 8.42 Å². The van der Waals surface area contributed by atoms with Crippen molar-refractivity contribution in [3.05, 3.63) is 52.9 Å². The molecule has 1 aromatic heterocycles. The summed E-state index contributed by atoms with van der Waals surface area (Å²) >= 11 is 5.74. The number of benzene rings is 1. The Morgan fingerprint density at radius 2 is 1.74 bits per heavy atom. The molecular formula is C13H14ClNO3S. The highest BCUT2D eigenvalue weighted by Gasteiger charge is 2.17. The van der Waals surface area contributed by atoms with Crippen molar-refractivity contribution in [2.75, 3.05) is 7.05 Å². The van der Waals surface area contributed by atoms with Gasteiger partial charge in [0.25, 0.3) is 0 Å². The standard InChI is InChI=1S/C13H14ClNO3S/c1-15-8-11-4-5-12(18-11)9-19(16,17)13-6-2-10(14)3-7-13/h2-7,15H,8-9H2,1H3. The maximum absolute atomic E-state index is 12.2. The van der Waals surface area contributed by atoms with Crippen molar-refractivity contribution >= 4 is 21.4 Å². The molecule has 0 saturated carbocycles. The number of furan rings is 1. The number of halogens is 1. The van der Waals surface area contributed by atoms with Crippen LogP contribution in [-0.4, -0.2) is 15.5 Å². The molecule has 0 aliphatic heterocycles. The van der Waals surface area contributed by atoms with Crippen molar-refractivity contribution in [3.8, 4) is 0 Å². The summed E-state index contributed by atoms with van der Waals surface area (Å²) in [5.74, 6) is 0.988. The van der Waals surface area contributed by atoms with E-state index in [-0.39, 0.29) is 10.6 Å². The molecule has 0 bridgehead atoms. The number of hydrogen-bond donors (Lipinski definition) is 1. The summed E-state index contributed by atoms with van der Waals surface area (Å²) in [6.45, 7) is 0.570. The van der Waals surface area contributed by atoms with Gasteiger partial charge in [-0.15, -0.1) is 0 Å². The van der Waals surface area contributed by atoms with Gasteiger partial charge in [-0.05, 0) is 43.4 Å². The maximum atomic E-state index is 12.2. The van der Waals surface area contributed by atoms with E-state index in [2.05, 4.69) is 5.32 Å². The topological polar surface area (TPSA) is 59.3 Å². The van der Waals surface area contributed by atoms with E-state index in [0.29, 0.717) is 23.1 Å². The van der Waals surface area contributed by atoms with Crippen molar-refractivity contribution in [3.63, 3.8) is 0 Å². The van der Waals surface area contributed by atoms with Gasteiger partial charge in [0, 0.05) is 5.02 Å². The van der Waals surface area contributed by atoms with Gasteiger partial charge in [0.1, 0.15) is 17.3 Å². The van der Waals surface area contributed by atoms with E-state index in [4.69, 9.17) is 16.0 Å². The van der Waals surface area contributed by atoms with Crippen LogP contribution in [-0.2, 0) is 22.1 Å². The first kappa shape index (κ1) is 14.1. The quantitative estimate of drug-likeness (QED) is 0.922. The normalized spacial score (nSPS) is 11.7. The van der Waals surface area contributed by atoms with Gasteiger partial charge in [0.05, 0.1) is 11.4 Å². The second kappa shape index (κ2) is 5.77. The Labute approximate surface area is 117 Å². The molecule has 0 saturated heterocycles. The third kappa shape index (κ3) is 3.59. The van der Waals surface area contributed by atoms with Gasteiger partial charge in [-0.2, -0.15) is 0 Å². The maximum Gasteiger partial charge on any atom is 0.185 e. The molecule has 2 rings (SSSR count). The average molecular weight is 300 g/mol. The molecule has 0 unspecified atom stereocenters. The minimum atomic E-state index is -3.40. The van der Waals surface area contributed by atoms with E-state index < -0.39 is 9.84 Å². The van der Waals surface area contributed by atoms with Crippen molar-refractivity contribution in [1.82, 2.24) is 5.32 Å². The predicted molar refractivity (Wildman–Crippen MR) is 73.8 cm³/mol. The van der Waals surface area contributed by atoms with Gasteiger partial charge in [0.2, 0.25) is 0 Å². The fraction of sp³-hybridized carbons (Fsp3) is 0.231. The fourth-order valence-corrected chi connectivity index (χ4v) is 3.05. The summed E-state index contributed by atoms with van der Waals surface area (Å²) in [6.07, 6.45) is 0. The molecule has 1 aromatic carbocycles. The van der Waals surface area contributed by atoms with Gasteiger partial charge in [-0.25, -0.2) is 8.42 Å². The zero-order chi connectivity index (χ0) is 13.9. The summed E-state index contributed by atoms with van der Waals surface area (Å²) in [5, 5.41) is 3.45. The van der Waals surface area contributed by atoms with Gasteiger partial charge < -0.3 is 9.73 Å². The van der Waals surface area contributed by atoms with Crippen molar-refractivity contribution < 1.29 is 12.8 Å². The van der Waals surface area contributed by atoms with Crippen LogP contribution in [0.2, 0.25) is 5.02 Å². The zero-order valence-electron chi connectivity index (χ0n) is 10.4. The molecule has 6 heteroatoms. The van der Waals surface area contributed by atoms with Gasteiger partial charge >= 0.3 is 0 Å². The molecule has 0 amide bonds. The largest absolute Gasteiger partial charge is 0.464 e. The molecule has 102 valence electrons. The second-order valence-electron chi connectivity index (χ2n) is 4.11. The molecule has 0 spiro atoms. The monoisotopic (exact) mass is 299 g/mol. The third-order valence-electron chi connectivity index (χ3n) is 2.57. The summed E-state index contributed by atoms with van der Waals surface area (Å²) in [6, 6.07) is 9.56. The molecule has 0 atom stereocenters. The third-order valence-corrected chi connectivity index (χ3v) is 4.48. The van der Waals surface area contributed by atoms with Crippen molar-refractivity contribution in [1.29, 1.82) is 0 Å². The number of sulfone groups is 1. The molecule has 1 N–H and O–H groups in total. The van der Waals surface area contributed by atoms with E-state index in [1.807, 2.05) is 0 Å². The van der Waals surface area contributed by atoms with Crippen LogP contribution in [0.1, 0.15) is 11.5 Å². The lowest BCUT2D eigenvalue weighted by molar-refractivity contribution is 0.465. The molecule has 19 heavy (non-hydrogen) atoms. The number of nitrogens with one attached hydrogen (secondary N) is 1. The molecule has 0 aliphatic rings.